The summed E-state index contributed by atoms with van der Waals surface area (Å²) >= 11 is 0. The Morgan fingerprint density at radius 3 is 1.50 bits per heavy atom. The Morgan fingerprint density at radius 2 is 1.15 bits per heavy atom. The molecule has 9 heteroatoms. The van der Waals surface area contributed by atoms with E-state index >= 15 is 0 Å². The summed E-state index contributed by atoms with van der Waals surface area (Å²) in [6, 6.07) is 0. The Kier molecular flexibility index (Phi) is 29.0. The van der Waals surface area contributed by atoms with Crippen molar-refractivity contribution in [3.63, 3.8) is 0 Å². The summed E-state index contributed by atoms with van der Waals surface area (Å²) in [4.78, 5) is 2.31. The van der Waals surface area contributed by atoms with Gasteiger partial charge in [0.15, 0.2) is 0 Å². The van der Waals surface area contributed by atoms with Crippen LogP contribution in [0.15, 0.2) is 0 Å². The molecule has 0 aromatic heterocycles. The molecular formula is C11H30Cl4N4O. The van der Waals surface area contributed by atoms with E-state index in [1.54, 1.807) is 0 Å². The molecule has 0 aliphatic carbocycles. The van der Waals surface area contributed by atoms with Crippen molar-refractivity contribution >= 4 is 49.6 Å². The van der Waals surface area contributed by atoms with E-state index in [9.17, 15) is 5.11 Å². The maximum Gasteiger partial charge on any atom is 0.0639 e. The van der Waals surface area contributed by atoms with Gasteiger partial charge in [0.05, 0.1) is 6.10 Å². The maximum atomic E-state index is 9.40. The first kappa shape index (κ1) is 29.0. The Bertz CT molecular complexity index is 169. The largest absolute Gasteiger partial charge is 0.392 e. The van der Waals surface area contributed by atoms with Crippen LogP contribution in [0.1, 0.15) is 6.92 Å². The van der Waals surface area contributed by atoms with Crippen LogP contribution in [0, 0.1) is 0 Å². The SMILES string of the molecule is CC(O)CN1CCNCCNCCNCC1.Cl.Cl.Cl.Cl. The number of nitrogens with one attached hydrogen (secondary N) is 3. The number of aliphatic hydroxyl groups is 1. The van der Waals surface area contributed by atoms with Crippen LogP contribution in [0.4, 0.5) is 0 Å². The van der Waals surface area contributed by atoms with Gasteiger partial charge >= 0.3 is 0 Å². The van der Waals surface area contributed by atoms with Crippen molar-refractivity contribution in [1.29, 1.82) is 0 Å². The molecule has 1 fully saturated rings. The summed E-state index contributed by atoms with van der Waals surface area (Å²) in [7, 11) is 0. The lowest BCUT2D eigenvalue weighted by Crippen LogP contribution is -2.43. The van der Waals surface area contributed by atoms with Crippen LogP contribution in [-0.4, -0.2) is 75.0 Å². The second kappa shape index (κ2) is 20.0. The zero-order valence-electron chi connectivity index (χ0n) is 12.0. The van der Waals surface area contributed by atoms with Gasteiger partial charge in [0, 0.05) is 58.9 Å². The van der Waals surface area contributed by atoms with Gasteiger partial charge in [0.25, 0.3) is 0 Å². The minimum atomic E-state index is -0.241. The van der Waals surface area contributed by atoms with Crippen LogP contribution in [0.25, 0.3) is 0 Å². The highest BCUT2D eigenvalue weighted by atomic mass is 35.5. The average molecular weight is 376 g/mol. The molecule has 1 saturated heterocycles. The smallest absolute Gasteiger partial charge is 0.0639 e. The molecule has 0 amide bonds. The summed E-state index contributed by atoms with van der Waals surface area (Å²) in [5, 5.41) is 19.6. The lowest BCUT2D eigenvalue weighted by molar-refractivity contribution is 0.127. The van der Waals surface area contributed by atoms with Gasteiger partial charge in [0.1, 0.15) is 0 Å². The van der Waals surface area contributed by atoms with Crippen molar-refractivity contribution in [3.05, 3.63) is 0 Å². The van der Waals surface area contributed by atoms with E-state index in [-0.39, 0.29) is 55.7 Å². The molecule has 1 heterocycles. The number of halogens is 4. The summed E-state index contributed by atoms with van der Waals surface area (Å²) in [5.41, 5.74) is 0. The molecular weight excluding hydrogens is 346 g/mol. The topological polar surface area (TPSA) is 59.6 Å². The van der Waals surface area contributed by atoms with Gasteiger partial charge < -0.3 is 21.1 Å². The van der Waals surface area contributed by atoms with Gasteiger partial charge in [-0.2, -0.15) is 0 Å². The van der Waals surface area contributed by atoms with E-state index in [0.29, 0.717) is 0 Å². The third-order valence-corrected chi connectivity index (χ3v) is 2.69. The zero-order valence-corrected chi connectivity index (χ0v) is 15.2. The molecule has 0 bridgehead atoms. The predicted molar refractivity (Wildman–Crippen MR) is 95.7 cm³/mol. The molecule has 0 saturated carbocycles. The summed E-state index contributed by atoms with van der Waals surface area (Å²) in [6.07, 6.45) is -0.241. The fourth-order valence-corrected chi connectivity index (χ4v) is 1.87. The first-order valence-corrected chi connectivity index (χ1v) is 6.31. The normalized spacial score (nSPS) is 19.5. The highest BCUT2D eigenvalue weighted by molar-refractivity contribution is 5.86. The molecule has 0 radical (unpaired) electrons. The maximum absolute atomic E-state index is 9.40. The molecule has 1 aliphatic heterocycles. The van der Waals surface area contributed by atoms with E-state index < -0.39 is 0 Å². The van der Waals surface area contributed by atoms with Crippen molar-refractivity contribution in [2.24, 2.45) is 0 Å². The first-order chi connectivity index (χ1) is 7.79. The molecule has 1 rings (SSSR count). The summed E-state index contributed by atoms with van der Waals surface area (Å²) < 4.78 is 0. The van der Waals surface area contributed by atoms with E-state index in [0.717, 1.165) is 58.9 Å². The molecule has 20 heavy (non-hydrogen) atoms. The Hall–Kier alpha value is 0.960. The predicted octanol–water partition coefficient (Wildman–Crippen LogP) is 0.139. The fourth-order valence-electron chi connectivity index (χ4n) is 1.87. The van der Waals surface area contributed by atoms with Crippen molar-refractivity contribution in [2.75, 3.05) is 58.9 Å². The number of aliphatic hydroxyl groups excluding tert-OH is 1. The quantitative estimate of drug-likeness (QED) is 0.553. The summed E-state index contributed by atoms with van der Waals surface area (Å²) in [6.45, 7) is 10.7. The minimum Gasteiger partial charge on any atom is -0.392 e. The lowest BCUT2D eigenvalue weighted by atomic mass is 10.3. The monoisotopic (exact) mass is 374 g/mol. The third kappa shape index (κ3) is 17.0. The number of β-amino-alcohol motifs (C(OH)–C–C–N with tert-alkyl or cyclic N) is 1. The van der Waals surface area contributed by atoms with Crippen molar-refractivity contribution in [2.45, 2.75) is 13.0 Å². The molecule has 128 valence electrons. The highest BCUT2D eigenvalue weighted by Crippen LogP contribution is 1.91. The number of rotatable bonds is 2. The lowest BCUT2D eigenvalue weighted by Gasteiger charge is -2.24. The molecule has 5 nitrogen and oxygen atoms in total. The standard InChI is InChI=1S/C11H26N4O.4ClH/c1-11(16)10-15-8-6-13-4-2-12-3-5-14-7-9-15;;;;/h11-14,16H,2-10H2,1H3;4*1H. The molecule has 4 N–H and O–H groups in total. The van der Waals surface area contributed by atoms with E-state index in [2.05, 4.69) is 20.9 Å². The number of nitrogens with zero attached hydrogens (tertiary/aromatic N) is 1. The van der Waals surface area contributed by atoms with Gasteiger partial charge in [-0.15, -0.1) is 49.6 Å². The van der Waals surface area contributed by atoms with E-state index in [4.69, 9.17) is 0 Å². The second-order valence-electron chi connectivity index (χ2n) is 4.40. The summed E-state index contributed by atoms with van der Waals surface area (Å²) in [5.74, 6) is 0. The highest BCUT2D eigenvalue weighted by Gasteiger charge is 2.07. The van der Waals surface area contributed by atoms with E-state index in [1.807, 2.05) is 6.92 Å². The van der Waals surface area contributed by atoms with Crippen LogP contribution in [0.5, 0.6) is 0 Å². The molecule has 1 atom stereocenters. The van der Waals surface area contributed by atoms with Crippen molar-refractivity contribution < 1.29 is 5.11 Å². The van der Waals surface area contributed by atoms with Crippen LogP contribution >= 0.6 is 49.6 Å². The Labute approximate surface area is 147 Å². The number of hydrogen-bond acceptors (Lipinski definition) is 5. The Morgan fingerprint density at radius 1 is 0.800 bits per heavy atom. The molecule has 1 aliphatic rings. The van der Waals surface area contributed by atoms with Crippen molar-refractivity contribution in [3.8, 4) is 0 Å². The van der Waals surface area contributed by atoms with Crippen LogP contribution in [0.2, 0.25) is 0 Å². The minimum absolute atomic E-state index is 0. The zero-order chi connectivity index (χ0) is 11.6. The van der Waals surface area contributed by atoms with Crippen LogP contribution in [-0.2, 0) is 0 Å². The Balaban J connectivity index is -0.000000320. The third-order valence-electron chi connectivity index (χ3n) is 2.69. The van der Waals surface area contributed by atoms with Gasteiger partial charge in [-0.25, -0.2) is 0 Å². The van der Waals surface area contributed by atoms with E-state index in [1.165, 1.54) is 0 Å². The average Bonchev–Trinajstić information content (AvgIpc) is 2.21. The van der Waals surface area contributed by atoms with Gasteiger partial charge in [-0.05, 0) is 6.92 Å². The molecule has 0 aromatic carbocycles. The van der Waals surface area contributed by atoms with Crippen molar-refractivity contribution in [1.82, 2.24) is 20.9 Å². The number of hydrogen-bond donors (Lipinski definition) is 4. The van der Waals surface area contributed by atoms with Crippen LogP contribution in [0.3, 0.4) is 0 Å². The molecule has 0 spiro atoms. The molecule has 0 aromatic rings. The van der Waals surface area contributed by atoms with Gasteiger partial charge in [-0.1, -0.05) is 0 Å². The van der Waals surface area contributed by atoms with Crippen LogP contribution < -0.4 is 16.0 Å². The molecule has 1 unspecified atom stereocenters. The second-order valence-corrected chi connectivity index (χ2v) is 4.40. The first-order valence-electron chi connectivity index (χ1n) is 6.31. The van der Waals surface area contributed by atoms with Gasteiger partial charge in [-0.3, -0.25) is 4.90 Å². The fraction of sp³-hybridized carbons (Fsp3) is 1.00. The van der Waals surface area contributed by atoms with Gasteiger partial charge in [0.2, 0.25) is 0 Å².